The lowest BCUT2D eigenvalue weighted by Gasteiger charge is -2.23. The Labute approximate surface area is 121 Å². The summed E-state index contributed by atoms with van der Waals surface area (Å²) < 4.78 is 18.4. The van der Waals surface area contributed by atoms with Gasteiger partial charge in [0, 0.05) is 5.33 Å². The maximum absolute atomic E-state index is 13.2. The van der Waals surface area contributed by atoms with E-state index in [-0.39, 0.29) is 11.9 Å². The summed E-state index contributed by atoms with van der Waals surface area (Å²) in [4.78, 5) is 11.8. The average Bonchev–Trinajstić information content (AvgIpc) is 2.26. The molecule has 0 aromatic heterocycles. The van der Waals surface area contributed by atoms with Crippen LogP contribution in [-0.4, -0.2) is 17.0 Å². The largest absolute Gasteiger partial charge is 0.444 e. The van der Waals surface area contributed by atoms with Gasteiger partial charge in [-0.2, -0.15) is 0 Å². The zero-order valence-electron chi connectivity index (χ0n) is 11.4. The van der Waals surface area contributed by atoms with Crippen LogP contribution in [0.15, 0.2) is 24.3 Å². The van der Waals surface area contributed by atoms with E-state index in [9.17, 15) is 9.18 Å². The van der Waals surface area contributed by atoms with Crippen LogP contribution in [0, 0.1) is 5.82 Å². The van der Waals surface area contributed by atoms with Gasteiger partial charge in [0.25, 0.3) is 0 Å². The summed E-state index contributed by atoms with van der Waals surface area (Å²) in [5, 5.41) is 3.46. The topological polar surface area (TPSA) is 38.3 Å². The van der Waals surface area contributed by atoms with E-state index in [4.69, 9.17) is 4.74 Å². The molecule has 1 N–H and O–H groups in total. The van der Waals surface area contributed by atoms with Crippen molar-refractivity contribution in [2.45, 2.75) is 38.8 Å². The maximum Gasteiger partial charge on any atom is 0.408 e. The van der Waals surface area contributed by atoms with Crippen molar-refractivity contribution >= 4 is 22.0 Å². The molecule has 0 bridgehead atoms. The van der Waals surface area contributed by atoms with E-state index >= 15 is 0 Å². The highest BCUT2D eigenvalue weighted by Crippen LogP contribution is 2.19. The minimum absolute atomic E-state index is 0.273. The van der Waals surface area contributed by atoms with E-state index in [2.05, 4.69) is 21.2 Å². The van der Waals surface area contributed by atoms with Crippen LogP contribution in [0.5, 0.6) is 0 Å². The Kier molecular flexibility index (Phi) is 5.79. The third-order valence-corrected chi connectivity index (χ3v) is 2.80. The summed E-state index contributed by atoms with van der Waals surface area (Å²) >= 11 is 3.33. The van der Waals surface area contributed by atoms with Crippen molar-refractivity contribution in [1.29, 1.82) is 0 Å². The van der Waals surface area contributed by atoms with Gasteiger partial charge in [-0.15, -0.1) is 0 Å². The van der Waals surface area contributed by atoms with Crippen LogP contribution in [0.1, 0.15) is 38.8 Å². The van der Waals surface area contributed by atoms with Gasteiger partial charge in [-0.1, -0.05) is 28.1 Å². The molecule has 19 heavy (non-hydrogen) atoms. The molecular formula is C14H19BrFNO2. The Morgan fingerprint density at radius 1 is 1.47 bits per heavy atom. The lowest BCUT2D eigenvalue weighted by atomic mass is 10.0. The Balaban J connectivity index is 2.76. The van der Waals surface area contributed by atoms with Crippen LogP contribution in [-0.2, 0) is 4.74 Å². The van der Waals surface area contributed by atoms with Crippen LogP contribution >= 0.6 is 15.9 Å². The number of hydrogen-bond acceptors (Lipinski definition) is 2. The molecule has 1 rings (SSSR count). The summed E-state index contributed by atoms with van der Waals surface area (Å²) in [5.74, 6) is -0.317. The van der Waals surface area contributed by atoms with Gasteiger partial charge in [-0.05, 0) is 44.9 Å². The standard InChI is InChI=1S/C14H19BrFNO2/c1-14(2,3)19-13(18)17-12(7-8-15)10-5-4-6-11(16)9-10/h4-6,9,12H,7-8H2,1-3H3,(H,17,18)/t12-/m1/s1. The van der Waals surface area contributed by atoms with E-state index in [1.54, 1.807) is 32.9 Å². The fourth-order valence-electron chi connectivity index (χ4n) is 1.60. The van der Waals surface area contributed by atoms with Crippen LogP contribution < -0.4 is 5.32 Å². The molecule has 0 aliphatic carbocycles. The second-order valence-corrected chi connectivity index (χ2v) is 6.02. The van der Waals surface area contributed by atoms with Crippen molar-refractivity contribution in [1.82, 2.24) is 5.32 Å². The zero-order valence-corrected chi connectivity index (χ0v) is 13.0. The number of hydrogen-bond donors (Lipinski definition) is 1. The number of alkyl halides is 1. The van der Waals surface area contributed by atoms with E-state index < -0.39 is 11.7 Å². The number of carbonyl (C=O) groups is 1. The van der Waals surface area contributed by atoms with Crippen molar-refractivity contribution in [3.63, 3.8) is 0 Å². The van der Waals surface area contributed by atoms with Crippen molar-refractivity contribution in [2.24, 2.45) is 0 Å². The summed E-state index contributed by atoms with van der Waals surface area (Å²) in [7, 11) is 0. The summed E-state index contributed by atoms with van der Waals surface area (Å²) in [6.45, 7) is 5.40. The highest BCUT2D eigenvalue weighted by Gasteiger charge is 2.20. The number of rotatable bonds is 4. The first-order valence-electron chi connectivity index (χ1n) is 6.13. The van der Waals surface area contributed by atoms with Gasteiger partial charge >= 0.3 is 6.09 Å². The van der Waals surface area contributed by atoms with Gasteiger partial charge < -0.3 is 10.1 Å². The van der Waals surface area contributed by atoms with E-state index in [0.717, 1.165) is 5.56 Å². The van der Waals surface area contributed by atoms with Crippen molar-refractivity contribution in [2.75, 3.05) is 5.33 Å². The summed E-state index contributed by atoms with van der Waals surface area (Å²) in [6.07, 6.45) is 0.158. The molecule has 1 atom stereocenters. The highest BCUT2D eigenvalue weighted by molar-refractivity contribution is 9.09. The second kappa shape index (κ2) is 6.89. The highest BCUT2D eigenvalue weighted by atomic mass is 79.9. The first-order chi connectivity index (χ1) is 8.81. The molecule has 0 saturated heterocycles. The first kappa shape index (κ1) is 16.0. The molecule has 0 aliphatic heterocycles. The minimum atomic E-state index is -0.551. The number of halogens is 2. The quantitative estimate of drug-likeness (QED) is 0.840. The molecule has 3 nitrogen and oxygen atoms in total. The molecule has 5 heteroatoms. The fraction of sp³-hybridized carbons (Fsp3) is 0.500. The predicted octanol–water partition coefficient (Wildman–Crippen LogP) is 4.18. The van der Waals surface area contributed by atoms with Crippen molar-refractivity contribution in [3.05, 3.63) is 35.6 Å². The number of alkyl carbamates (subject to hydrolysis) is 1. The molecule has 0 radical (unpaired) electrons. The number of amides is 1. The molecule has 1 amide bonds. The number of benzene rings is 1. The molecule has 0 spiro atoms. The van der Waals surface area contributed by atoms with Gasteiger partial charge in [-0.25, -0.2) is 9.18 Å². The fourth-order valence-corrected chi connectivity index (χ4v) is 2.06. The Morgan fingerprint density at radius 3 is 2.68 bits per heavy atom. The van der Waals surface area contributed by atoms with Gasteiger partial charge in [-0.3, -0.25) is 0 Å². The number of nitrogens with one attached hydrogen (secondary N) is 1. The molecule has 0 saturated carbocycles. The summed E-state index contributed by atoms with van der Waals surface area (Å²) in [6, 6.07) is 5.94. The van der Waals surface area contributed by atoms with Crippen LogP contribution in [0.3, 0.4) is 0 Å². The normalized spacial score (nSPS) is 12.9. The van der Waals surface area contributed by atoms with E-state index in [1.165, 1.54) is 12.1 Å². The van der Waals surface area contributed by atoms with Gasteiger partial charge in [0.05, 0.1) is 6.04 Å². The Morgan fingerprint density at radius 2 is 2.16 bits per heavy atom. The van der Waals surface area contributed by atoms with Gasteiger partial charge in [0.15, 0.2) is 0 Å². The van der Waals surface area contributed by atoms with Crippen LogP contribution in [0.25, 0.3) is 0 Å². The smallest absolute Gasteiger partial charge is 0.408 e. The summed E-state index contributed by atoms with van der Waals surface area (Å²) in [5.41, 5.74) is 0.177. The SMILES string of the molecule is CC(C)(C)OC(=O)N[C@H](CCBr)c1cccc(F)c1. The molecule has 1 aromatic rings. The molecule has 1 aromatic carbocycles. The molecule has 0 aliphatic rings. The average molecular weight is 332 g/mol. The van der Waals surface area contributed by atoms with Gasteiger partial charge in [0.2, 0.25) is 0 Å². The zero-order chi connectivity index (χ0) is 14.5. The number of ether oxygens (including phenoxy) is 1. The molecule has 0 heterocycles. The van der Waals surface area contributed by atoms with Crippen LogP contribution in [0.4, 0.5) is 9.18 Å². The molecule has 0 unspecified atom stereocenters. The number of carbonyl (C=O) groups excluding carboxylic acids is 1. The van der Waals surface area contributed by atoms with E-state index in [1.807, 2.05) is 0 Å². The third-order valence-electron chi connectivity index (χ3n) is 2.34. The van der Waals surface area contributed by atoms with Crippen molar-refractivity contribution in [3.8, 4) is 0 Å². The monoisotopic (exact) mass is 331 g/mol. The third kappa shape index (κ3) is 6.05. The lowest BCUT2D eigenvalue weighted by Crippen LogP contribution is -2.35. The van der Waals surface area contributed by atoms with E-state index in [0.29, 0.717) is 11.8 Å². The maximum atomic E-state index is 13.2. The molecule has 0 fully saturated rings. The van der Waals surface area contributed by atoms with Gasteiger partial charge in [0.1, 0.15) is 11.4 Å². The molecular weight excluding hydrogens is 313 g/mol. The Bertz CT molecular complexity index is 432. The molecule has 106 valence electrons. The van der Waals surface area contributed by atoms with Crippen LogP contribution in [0.2, 0.25) is 0 Å². The predicted molar refractivity (Wildman–Crippen MR) is 76.9 cm³/mol. The second-order valence-electron chi connectivity index (χ2n) is 5.23. The Hall–Kier alpha value is -1.10. The minimum Gasteiger partial charge on any atom is -0.444 e. The first-order valence-corrected chi connectivity index (χ1v) is 7.25. The van der Waals surface area contributed by atoms with Crippen molar-refractivity contribution < 1.29 is 13.9 Å². The lowest BCUT2D eigenvalue weighted by molar-refractivity contribution is 0.0502.